The summed E-state index contributed by atoms with van der Waals surface area (Å²) in [6, 6.07) is -0.785. The molecular formula is C11H20F2N2O4. The SMILES string of the molecule is CC.O=C1N[C@H](O)CCN1[C@@H]1O[C@H](CO)CC1(F)F. The molecule has 112 valence electrons. The van der Waals surface area contributed by atoms with Crippen LogP contribution in [-0.2, 0) is 4.74 Å². The first kappa shape index (κ1) is 16.1. The predicted octanol–water partition coefficient (Wildman–Crippen LogP) is 0.489. The van der Waals surface area contributed by atoms with E-state index >= 15 is 0 Å². The van der Waals surface area contributed by atoms with Gasteiger partial charge in [0.05, 0.1) is 12.7 Å². The van der Waals surface area contributed by atoms with Crippen LogP contribution in [0.5, 0.6) is 0 Å². The van der Waals surface area contributed by atoms with Crippen molar-refractivity contribution in [1.29, 1.82) is 0 Å². The zero-order valence-corrected chi connectivity index (χ0v) is 11.0. The van der Waals surface area contributed by atoms with Gasteiger partial charge in [-0.2, -0.15) is 0 Å². The molecule has 2 saturated heterocycles. The van der Waals surface area contributed by atoms with Crippen molar-refractivity contribution in [3.63, 3.8) is 0 Å². The number of hydrogen-bond acceptors (Lipinski definition) is 4. The van der Waals surface area contributed by atoms with Crippen molar-refractivity contribution >= 4 is 6.03 Å². The lowest BCUT2D eigenvalue weighted by Gasteiger charge is -2.36. The van der Waals surface area contributed by atoms with Gasteiger partial charge in [0.25, 0.3) is 5.92 Å². The molecule has 0 bridgehead atoms. The number of halogens is 2. The van der Waals surface area contributed by atoms with E-state index in [1.807, 2.05) is 13.8 Å². The van der Waals surface area contributed by atoms with Crippen molar-refractivity contribution in [3.8, 4) is 0 Å². The Kier molecular flexibility index (Phi) is 5.45. The van der Waals surface area contributed by atoms with Gasteiger partial charge in [0.2, 0.25) is 0 Å². The van der Waals surface area contributed by atoms with Gasteiger partial charge in [0, 0.05) is 19.4 Å². The van der Waals surface area contributed by atoms with Crippen LogP contribution in [0.2, 0.25) is 0 Å². The Balaban J connectivity index is 0.000000861. The Morgan fingerprint density at radius 2 is 2.16 bits per heavy atom. The normalized spacial score (nSPS) is 33.5. The summed E-state index contributed by atoms with van der Waals surface area (Å²) in [4.78, 5) is 12.3. The second-order valence-electron chi connectivity index (χ2n) is 4.21. The molecule has 2 fully saturated rings. The molecule has 2 amide bonds. The smallest absolute Gasteiger partial charge is 0.321 e. The molecule has 8 heteroatoms. The summed E-state index contributed by atoms with van der Waals surface area (Å²) in [5, 5.41) is 20.1. The van der Waals surface area contributed by atoms with Gasteiger partial charge in [-0.1, -0.05) is 13.8 Å². The Hall–Kier alpha value is -0.990. The third-order valence-electron chi connectivity index (χ3n) is 2.86. The number of alkyl halides is 2. The summed E-state index contributed by atoms with van der Waals surface area (Å²) in [6.07, 6.45) is -4.10. The molecule has 3 atom stereocenters. The summed E-state index contributed by atoms with van der Waals surface area (Å²) in [7, 11) is 0. The fourth-order valence-electron chi connectivity index (χ4n) is 2.03. The van der Waals surface area contributed by atoms with Crippen molar-refractivity contribution in [2.24, 2.45) is 0 Å². The fraction of sp³-hybridized carbons (Fsp3) is 0.909. The summed E-state index contributed by atoms with van der Waals surface area (Å²) in [6.45, 7) is 3.48. The van der Waals surface area contributed by atoms with Gasteiger partial charge >= 0.3 is 6.03 Å². The lowest BCUT2D eigenvalue weighted by molar-refractivity contribution is -0.145. The Morgan fingerprint density at radius 3 is 2.63 bits per heavy atom. The van der Waals surface area contributed by atoms with Crippen molar-refractivity contribution in [3.05, 3.63) is 0 Å². The highest BCUT2D eigenvalue weighted by atomic mass is 19.3. The molecule has 0 aromatic rings. The Labute approximate surface area is 110 Å². The first-order valence-electron chi connectivity index (χ1n) is 6.33. The number of aliphatic hydroxyl groups excluding tert-OH is 2. The van der Waals surface area contributed by atoms with Crippen LogP contribution in [0.3, 0.4) is 0 Å². The molecule has 2 aliphatic heterocycles. The lowest BCUT2D eigenvalue weighted by atomic mass is 10.1. The minimum atomic E-state index is -3.19. The minimum Gasteiger partial charge on any atom is -0.394 e. The summed E-state index contributed by atoms with van der Waals surface area (Å²) in [5.41, 5.74) is 0. The highest BCUT2D eigenvalue weighted by molar-refractivity contribution is 5.75. The monoisotopic (exact) mass is 282 g/mol. The van der Waals surface area contributed by atoms with Gasteiger partial charge in [-0.15, -0.1) is 0 Å². The highest BCUT2D eigenvalue weighted by Crippen LogP contribution is 2.38. The van der Waals surface area contributed by atoms with Crippen LogP contribution in [0, 0.1) is 0 Å². The molecule has 0 aromatic heterocycles. The van der Waals surface area contributed by atoms with Crippen LogP contribution in [-0.4, -0.2) is 58.8 Å². The molecule has 0 aromatic carbocycles. The van der Waals surface area contributed by atoms with E-state index in [9.17, 15) is 13.6 Å². The van der Waals surface area contributed by atoms with Crippen molar-refractivity contribution in [2.45, 2.75) is 51.2 Å². The maximum Gasteiger partial charge on any atom is 0.321 e. The lowest BCUT2D eigenvalue weighted by Crippen LogP contribution is -2.58. The van der Waals surface area contributed by atoms with Crippen molar-refractivity contribution < 1.29 is 28.5 Å². The third-order valence-corrected chi connectivity index (χ3v) is 2.86. The molecule has 0 aliphatic carbocycles. The number of aliphatic hydroxyl groups is 2. The van der Waals surface area contributed by atoms with E-state index in [4.69, 9.17) is 14.9 Å². The standard InChI is InChI=1S/C9H14F2N2O4.C2H6/c10-9(11)3-5(4-14)17-7(9)13-2-1-6(15)12-8(13)16;1-2/h5-7,14-15H,1-4H2,(H,12,16);1-2H3/t5-,6+,7+;/m0./s1. The third kappa shape index (κ3) is 3.52. The van der Waals surface area contributed by atoms with Gasteiger partial charge < -0.3 is 20.3 Å². The molecule has 19 heavy (non-hydrogen) atoms. The number of amides is 2. The van der Waals surface area contributed by atoms with Gasteiger partial charge in [0.1, 0.15) is 6.23 Å². The summed E-state index contributed by atoms with van der Waals surface area (Å²) in [5.74, 6) is -3.19. The van der Waals surface area contributed by atoms with E-state index in [1.54, 1.807) is 0 Å². The zero-order valence-electron chi connectivity index (χ0n) is 11.0. The van der Waals surface area contributed by atoms with Gasteiger partial charge in [-0.05, 0) is 0 Å². The topological polar surface area (TPSA) is 82.0 Å². The van der Waals surface area contributed by atoms with Crippen LogP contribution in [0.15, 0.2) is 0 Å². The van der Waals surface area contributed by atoms with E-state index in [2.05, 4.69) is 5.32 Å². The number of rotatable bonds is 2. The predicted molar refractivity (Wildman–Crippen MR) is 62.5 cm³/mol. The van der Waals surface area contributed by atoms with Crippen LogP contribution in [0.4, 0.5) is 13.6 Å². The number of carbonyl (C=O) groups excluding carboxylic acids is 1. The first-order valence-corrected chi connectivity index (χ1v) is 6.33. The summed E-state index contributed by atoms with van der Waals surface area (Å²) >= 11 is 0. The Morgan fingerprint density at radius 1 is 1.53 bits per heavy atom. The highest BCUT2D eigenvalue weighted by Gasteiger charge is 2.54. The number of nitrogens with zero attached hydrogens (tertiary/aromatic N) is 1. The van der Waals surface area contributed by atoms with Gasteiger partial charge in [-0.3, -0.25) is 4.90 Å². The van der Waals surface area contributed by atoms with Crippen LogP contribution < -0.4 is 5.32 Å². The van der Waals surface area contributed by atoms with E-state index in [0.29, 0.717) is 0 Å². The van der Waals surface area contributed by atoms with Crippen LogP contribution in [0.25, 0.3) is 0 Å². The van der Waals surface area contributed by atoms with Gasteiger partial charge in [0.15, 0.2) is 6.23 Å². The Bertz CT molecular complexity index is 317. The number of carbonyl (C=O) groups is 1. The largest absolute Gasteiger partial charge is 0.394 e. The molecule has 3 N–H and O–H groups in total. The quantitative estimate of drug-likeness (QED) is 0.688. The second kappa shape index (κ2) is 6.44. The second-order valence-corrected chi connectivity index (χ2v) is 4.21. The molecule has 0 saturated carbocycles. The number of urea groups is 1. The molecule has 2 aliphatic rings. The number of hydrogen-bond donors (Lipinski definition) is 3. The van der Waals surface area contributed by atoms with E-state index < -0.39 is 43.5 Å². The minimum absolute atomic E-state index is 0.00853. The molecule has 6 nitrogen and oxygen atoms in total. The van der Waals surface area contributed by atoms with E-state index in [-0.39, 0.29) is 13.0 Å². The maximum absolute atomic E-state index is 13.6. The molecule has 0 radical (unpaired) electrons. The van der Waals surface area contributed by atoms with Crippen molar-refractivity contribution in [1.82, 2.24) is 10.2 Å². The average Bonchev–Trinajstić information content (AvgIpc) is 2.67. The zero-order chi connectivity index (χ0) is 14.6. The molecule has 0 spiro atoms. The summed E-state index contributed by atoms with van der Waals surface area (Å²) < 4.78 is 32.1. The molecule has 2 rings (SSSR count). The number of nitrogens with one attached hydrogen (secondary N) is 1. The molecule has 0 unspecified atom stereocenters. The maximum atomic E-state index is 13.6. The first-order chi connectivity index (χ1) is 8.94. The molecule has 2 heterocycles. The van der Waals surface area contributed by atoms with E-state index in [1.165, 1.54) is 0 Å². The number of ether oxygens (including phenoxy) is 1. The fourth-order valence-corrected chi connectivity index (χ4v) is 2.03. The van der Waals surface area contributed by atoms with Gasteiger partial charge in [-0.25, -0.2) is 13.6 Å². The average molecular weight is 282 g/mol. The van der Waals surface area contributed by atoms with E-state index in [0.717, 1.165) is 4.90 Å². The van der Waals surface area contributed by atoms with Crippen LogP contribution in [0.1, 0.15) is 26.7 Å². The van der Waals surface area contributed by atoms with Crippen LogP contribution >= 0.6 is 0 Å². The van der Waals surface area contributed by atoms with Crippen molar-refractivity contribution in [2.75, 3.05) is 13.2 Å². The molecular weight excluding hydrogens is 262 g/mol.